The zero-order valence-electron chi connectivity index (χ0n) is 15.4. The van der Waals surface area contributed by atoms with E-state index < -0.39 is 0 Å². The molecule has 29 heavy (non-hydrogen) atoms. The summed E-state index contributed by atoms with van der Waals surface area (Å²) in [5.74, 6) is 0.788. The zero-order chi connectivity index (χ0) is 20.2. The number of halogens is 1. The van der Waals surface area contributed by atoms with Gasteiger partial charge in [-0.15, -0.1) is 0 Å². The first-order valence-electron chi connectivity index (χ1n) is 9.07. The second-order valence-electron chi connectivity index (χ2n) is 6.42. The SMILES string of the molecule is O=C1CCNc2ncncc21.O=c1c2c(Cl)cccc2ccn1-c1ccccc1. The quantitative estimate of drug-likeness (QED) is 0.516. The molecule has 0 spiro atoms. The smallest absolute Gasteiger partial charge is 0.264 e. The molecule has 0 amide bonds. The molecule has 2 aromatic carbocycles. The molecule has 0 aliphatic carbocycles. The Morgan fingerprint density at radius 1 is 1.00 bits per heavy atom. The van der Waals surface area contributed by atoms with Crippen molar-refractivity contribution in [1.82, 2.24) is 14.5 Å². The number of fused-ring (bicyclic) bond motifs is 2. The molecule has 6 nitrogen and oxygen atoms in total. The molecule has 0 atom stereocenters. The second kappa shape index (κ2) is 8.24. The van der Waals surface area contributed by atoms with Gasteiger partial charge in [0.2, 0.25) is 0 Å². The van der Waals surface area contributed by atoms with Gasteiger partial charge >= 0.3 is 0 Å². The Kier molecular flexibility index (Phi) is 5.35. The molecule has 1 aliphatic rings. The number of anilines is 1. The minimum absolute atomic E-state index is 0.0932. The molecule has 4 aromatic rings. The predicted octanol–water partition coefficient (Wildman–Crippen LogP) is 4.12. The first-order chi connectivity index (χ1) is 14.1. The van der Waals surface area contributed by atoms with Gasteiger partial charge in [0, 0.05) is 31.0 Å². The normalized spacial score (nSPS) is 12.5. The van der Waals surface area contributed by atoms with Crippen LogP contribution < -0.4 is 10.9 Å². The Morgan fingerprint density at radius 2 is 1.83 bits per heavy atom. The van der Waals surface area contributed by atoms with Crippen LogP contribution in [0.2, 0.25) is 5.02 Å². The van der Waals surface area contributed by atoms with Crippen LogP contribution in [0.15, 0.2) is 78.1 Å². The van der Waals surface area contributed by atoms with Crippen LogP contribution in [-0.4, -0.2) is 26.9 Å². The minimum atomic E-state index is -0.0932. The van der Waals surface area contributed by atoms with E-state index in [0.717, 1.165) is 11.1 Å². The summed E-state index contributed by atoms with van der Waals surface area (Å²) < 4.78 is 1.61. The third kappa shape index (κ3) is 3.88. The van der Waals surface area contributed by atoms with Crippen LogP contribution in [0.3, 0.4) is 0 Å². The van der Waals surface area contributed by atoms with Crippen LogP contribution in [0, 0.1) is 0 Å². The number of carbonyl (C=O) groups is 1. The van der Waals surface area contributed by atoms with Crippen LogP contribution in [0.1, 0.15) is 16.8 Å². The average molecular weight is 405 g/mol. The van der Waals surface area contributed by atoms with Gasteiger partial charge in [-0.3, -0.25) is 14.2 Å². The highest BCUT2D eigenvalue weighted by Crippen LogP contribution is 2.20. The molecular formula is C22H17ClN4O2. The van der Waals surface area contributed by atoms with Crippen molar-refractivity contribution >= 4 is 34.0 Å². The van der Waals surface area contributed by atoms with Crippen molar-refractivity contribution in [2.24, 2.45) is 0 Å². The average Bonchev–Trinajstić information content (AvgIpc) is 2.76. The van der Waals surface area contributed by atoms with E-state index in [-0.39, 0.29) is 11.3 Å². The number of nitrogens with one attached hydrogen (secondary N) is 1. The number of rotatable bonds is 1. The first-order valence-corrected chi connectivity index (χ1v) is 9.45. The van der Waals surface area contributed by atoms with Crippen LogP contribution >= 0.6 is 11.6 Å². The summed E-state index contributed by atoms with van der Waals surface area (Å²) in [4.78, 5) is 31.3. The lowest BCUT2D eigenvalue weighted by molar-refractivity contribution is 0.0983. The molecule has 2 aromatic heterocycles. The van der Waals surface area contributed by atoms with E-state index in [9.17, 15) is 9.59 Å². The number of Topliss-reactive ketones (excluding diaryl/α,β-unsaturated/α-hetero) is 1. The molecule has 1 aliphatic heterocycles. The maximum Gasteiger partial charge on any atom is 0.264 e. The maximum atomic E-state index is 12.4. The van der Waals surface area contributed by atoms with Gasteiger partial charge in [0.05, 0.1) is 16.0 Å². The van der Waals surface area contributed by atoms with Gasteiger partial charge in [0.15, 0.2) is 5.78 Å². The third-order valence-corrected chi connectivity index (χ3v) is 4.89. The molecule has 0 fully saturated rings. The van der Waals surface area contributed by atoms with Gasteiger partial charge < -0.3 is 5.32 Å². The van der Waals surface area contributed by atoms with Crippen molar-refractivity contribution in [1.29, 1.82) is 0 Å². The fourth-order valence-corrected chi connectivity index (χ4v) is 3.41. The minimum Gasteiger partial charge on any atom is -0.369 e. The molecule has 0 radical (unpaired) electrons. The number of carbonyl (C=O) groups excluding carboxylic acids is 1. The third-order valence-electron chi connectivity index (χ3n) is 4.57. The fourth-order valence-electron chi connectivity index (χ4n) is 3.14. The van der Waals surface area contributed by atoms with Crippen molar-refractivity contribution in [3.63, 3.8) is 0 Å². The van der Waals surface area contributed by atoms with Gasteiger partial charge in [0.25, 0.3) is 5.56 Å². The fraction of sp³-hybridized carbons (Fsp3) is 0.0909. The number of ketones is 1. The van der Waals surface area contributed by atoms with Gasteiger partial charge in [-0.1, -0.05) is 41.9 Å². The number of hydrogen-bond donors (Lipinski definition) is 1. The van der Waals surface area contributed by atoms with Crippen molar-refractivity contribution < 1.29 is 4.79 Å². The molecule has 0 saturated carbocycles. The van der Waals surface area contributed by atoms with Crippen molar-refractivity contribution in [2.45, 2.75) is 6.42 Å². The number of aromatic nitrogens is 3. The topological polar surface area (TPSA) is 76.9 Å². The highest BCUT2D eigenvalue weighted by Gasteiger charge is 2.16. The van der Waals surface area contributed by atoms with Gasteiger partial charge in [-0.2, -0.15) is 0 Å². The molecule has 7 heteroatoms. The summed E-state index contributed by atoms with van der Waals surface area (Å²) in [6, 6.07) is 16.9. The Bertz CT molecular complexity index is 1240. The molecule has 0 saturated heterocycles. The second-order valence-corrected chi connectivity index (χ2v) is 6.82. The number of nitrogens with zero attached hydrogens (tertiary/aromatic N) is 3. The molecule has 5 rings (SSSR count). The number of pyridine rings is 1. The Morgan fingerprint density at radius 3 is 2.62 bits per heavy atom. The Balaban J connectivity index is 0.000000159. The number of para-hydroxylation sites is 1. The van der Waals surface area contributed by atoms with Crippen molar-refractivity contribution in [3.8, 4) is 5.69 Å². The summed E-state index contributed by atoms with van der Waals surface area (Å²) in [7, 11) is 0. The lowest BCUT2D eigenvalue weighted by Gasteiger charge is -2.13. The molecule has 0 bridgehead atoms. The van der Waals surface area contributed by atoms with E-state index in [1.165, 1.54) is 6.33 Å². The summed E-state index contributed by atoms with van der Waals surface area (Å²) in [6.07, 6.45) is 5.30. The van der Waals surface area contributed by atoms with Crippen LogP contribution in [0.25, 0.3) is 16.5 Å². The maximum absolute atomic E-state index is 12.4. The van der Waals surface area contributed by atoms with Crippen molar-refractivity contribution in [3.05, 3.63) is 94.3 Å². The van der Waals surface area contributed by atoms with Gasteiger partial charge in [0.1, 0.15) is 12.1 Å². The molecular weight excluding hydrogens is 388 g/mol. The van der Waals surface area contributed by atoms with Crippen molar-refractivity contribution in [2.75, 3.05) is 11.9 Å². The first kappa shape index (κ1) is 18.8. The van der Waals surface area contributed by atoms with Crippen LogP contribution in [0.5, 0.6) is 0 Å². The van der Waals surface area contributed by atoms with Crippen LogP contribution in [-0.2, 0) is 0 Å². The molecule has 0 unspecified atom stereocenters. The lowest BCUT2D eigenvalue weighted by Crippen LogP contribution is -2.19. The zero-order valence-corrected chi connectivity index (χ0v) is 16.1. The van der Waals surface area contributed by atoms with Gasteiger partial charge in [-0.25, -0.2) is 9.97 Å². The summed E-state index contributed by atoms with van der Waals surface area (Å²) >= 11 is 6.11. The molecule has 3 heterocycles. The van der Waals surface area contributed by atoms with E-state index in [2.05, 4.69) is 15.3 Å². The largest absolute Gasteiger partial charge is 0.369 e. The predicted molar refractivity (Wildman–Crippen MR) is 114 cm³/mol. The monoisotopic (exact) mass is 404 g/mol. The Hall–Kier alpha value is -3.51. The number of hydrogen-bond acceptors (Lipinski definition) is 5. The highest BCUT2D eigenvalue weighted by molar-refractivity contribution is 6.35. The van der Waals surface area contributed by atoms with Gasteiger partial charge in [-0.05, 0) is 29.7 Å². The molecule has 1 N–H and O–H groups in total. The number of benzene rings is 2. The standard InChI is InChI=1S/C15H10ClNO.C7H7N3O/c16-13-8-4-5-11-9-10-17(15(18)14(11)13)12-6-2-1-3-7-12;11-6-1-2-9-7-5(6)3-8-4-10-7/h1-10H;3-4H,1-2H2,(H,8,9,10). The summed E-state index contributed by atoms with van der Waals surface area (Å²) in [6.45, 7) is 0.683. The van der Waals surface area contributed by atoms with E-state index in [1.807, 2.05) is 48.5 Å². The lowest BCUT2D eigenvalue weighted by atomic mass is 10.1. The summed E-state index contributed by atoms with van der Waals surface area (Å²) in [5, 5.41) is 4.93. The van der Waals surface area contributed by atoms with E-state index in [0.29, 0.717) is 34.8 Å². The van der Waals surface area contributed by atoms with E-state index >= 15 is 0 Å². The van der Waals surface area contributed by atoms with E-state index in [1.54, 1.807) is 23.0 Å². The summed E-state index contributed by atoms with van der Waals surface area (Å²) in [5.41, 5.74) is 1.35. The Labute approximate surface area is 171 Å². The molecule has 144 valence electrons. The van der Waals surface area contributed by atoms with Crippen LogP contribution in [0.4, 0.5) is 5.82 Å². The highest BCUT2D eigenvalue weighted by atomic mass is 35.5. The van der Waals surface area contributed by atoms with E-state index in [4.69, 9.17) is 11.6 Å².